The Morgan fingerprint density at radius 1 is 1.00 bits per heavy atom. The van der Waals surface area contributed by atoms with Gasteiger partial charge >= 0.3 is 0 Å². The molecule has 4 heteroatoms. The van der Waals surface area contributed by atoms with Crippen molar-refractivity contribution in [3.05, 3.63) is 57.0 Å². The molecule has 0 bridgehead atoms. The van der Waals surface area contributed by atoms with Crippen molar-refractivity contribution in [3.8, 4) is 11.1 Å². The Bertz CT molecular complexity index is 596. The van der Waals surface area contributed by atoms with Gasteiger partial charge in [0.2, 0.25) is 0 Å². The van der Waals surface area contributed by atoms with Gasteiger partial charge < -0.3 is 5.32 Å². The standard InChI is InChI=1S/C16H16Cl3N/c1-2-8-20-10-11-9-12(17)6-7-13(11)14-4-3-5-15(18)16(14)19/h3-7,9,20H,2,8,10H2,1H3. The number of hydrogen-bond donors (Lipinski definition) is 1. The third-order valence-electron chi connectivity index (χ3n) is 3.05. The summed E-state index contributed by atoms with van der Waals surface area (Å²) in [7, 11) is 0. The summed E-state index contributed by atoms with van der Waals surface area (Å²) in [6, 6.07) is 11.5. The van der Waals surface area contributed by atoms with Crippen molar-refractivity contribution in [1.29, 1.82) is 0 Å². The van der Waals surface area contributed by atoms with Crippen LogP contribution in [0.1, 0.15) is 18.9 Å². The third kappa shape index (κ3) is 3.67. The third-order valence-corrected chi connectivity index (χ3v) is 4.11. The van der Waals surface area contributed by atoms with Crippen LogP contribution >= 0.6 is 34.8 Å². The highest BCUT2D eigenvalue weighted by Crippen LogP contribution is 2.36. The van der Waals surface area contributed by atoms with Crippen LogP contribution in [0, 0.1) is 0 Å². The molecule has 2 rings (SSSR count). The molecule has 0 heterocycles. The summed E-state index contributed by atoms with van der Waals surface area (Å²) in [5.41, 5.74) is 3.12. The number of rotatable bonds is 5. The summed E-state index contributed by atoms with van der Waals surface area (Å²) >= 11 is 18.5. The smallest absolute Gasteiger partial charge is 0.0670 e. The van der Waals surface area contributed by atoms with Crippen LogP contribution in [0.2, 0.25) is 15.1 Å². The molecule has 20 heavy (non-hydrogen) atoms. The van der Waals surface area contributed by atoms with E-state index in [2.05, 4.69) is 12.2 Å². The van der Waals surface area contributed by atoms with Gasteiger partial charge in [0.1, 0.15) is 0 Å². The SMILES string of the molecule is CCCNCc1cc(Cl)ccc1-c1cccc(Cl)c1Cl. The maximum atomic E-state index is 6.32. The van der Waals surface area contributed by atoms with Crippen molar-refractivity contribution in [1.82, 2.24) is 5.32 Å². The quantitative estimate of drug-likeness (QED) is 0.683. The molecule has 0 aromatic heterocycles. The van der Waals surface area contributed by atoms with Gasteiger partial charge in [-0.25, -0.2) is 0 Å². The van der Waals surface area contributed by atoms with E-state index in [1.165, 1.54) is 0 Å². The number of nitrogens with one attached hydrogen (secondary N) is 1. The molecule has 0 unspecified atom stereocenters. The number of hydrogen-bond acceptors (Lipinski definition) is 1. The van der Waals surface area contributed by atoms with Gasteiger partial charge in [0.15, 0.2) is 0 Å². The van der Waals surface area contributed by atoms with Crippen LogP contribution in [0.15, 0.2) is 36.4 Å². The van der Waals surface area contributed by atoms with Crippen LogP contribution < -0.4 is 5.32 Å². The van der Waals surface area contributed by atoms with Gasteiger partial charge in [0.05, 0.1) is 10.0 Å². The van der Waals surface area contributed by atoms with Crippen molar-refractivity contribution in [3.63, 3.8) is 0 Å². The van der Waals surface area contributed by atoms with E-state index in [1.807, 2.05) is 30.3 Å². The largest absolute Gasteiger partial charge is 0.313 e. The van der Waals surface area contributed by atoms with E-state index < -0.39 is 0 Å². The van der Waals surface area contributed by atoms with Crippen LogP contribution in [-0.4, -0.2) is 6.54 Å². The molecule has 2 aromatic rings. The average molecular weight is 329 g/mol. The minimum Gasteiger partial charge on any atom is -0.313 e. The second kappa shape index (κ2) is 7.33. The highest BCUT2D eigenvalue weighted by Gasteiger charge is 2.11. The lowest BCUT2D eigenvalue weighted by Crippen LogP contribution is -2.14. The first-order chi connectivity index (χ1) is 9.63. The summed E-state index contributed by atoms with van der Waals surface area (Å²) in [5, 5.41) is 5.25. The number of benzene rings is 2. The summed E-state index contributed by atoms with van der Waals surface area (Å²) in [5.74, 6) is 0. The van der Waals surface area contributed by atoms with Gasteiger partial charge in [-0.05, 0) is 42.3 Å². The Morgan fingerprint density at radius 3 is 2.55 bits per heavy atom. The number of halogens is 3. The van der Waals surface area contributed by atoms with Gasteiger partial charge in [-0.1, -0.05) is 59.9 Å². The maximum absolute atomic E-state index is 6.32. The fourth-order valence-electron chi connectivity index (χ4n) is 2.08. The molecule has 0 aliphatic rings. The van der Waals surface area contributed by atoms with Gasteiger partial charge in [0, 0.05) is 17.1 Å². The maximum Gasteiger partial charge on any atom is 0.0670 e. The van der Waals surface area contributed by atoms with Gasteiger partial charge in [-0.15, -0.1) is 0 Å². The fraction of sp³-hybridized carbons (Fsp3) is 0.250. The first-order valence-electron chi connectivity index (χ1n) is 6.57. The molecular formula is C16H16Cl3N. The summed E-state index contributed by atoms with van der Waals surface area (Å²) in [6.45, 7) is 3.86. The van der Waals surface area contributed by atoms with Crippen molar-refractivity contribution in [2.24, 2.45) is 0 Å². The molecule has 2 aromatic carbocycles. The van der Waals surface area contributed by atoms with E-state index in [0.29, 0.717) is 10.0 Å². The molecule has 0 aliphatic heterocycles. The van der Waals surface area contributed by atoms with Crippen LogP contribution in [-0.2, 0) is 6.54 Å². The second-order valence-electron chi connectivity index (χ2n) is 4.58. The van der Waals surface area contributed by atoms with E-state index in [1.54, 1.807) is 6.07 Å². The zero-order valence-corrected chi connectivity index (χ0v) is 13.5. The minimum atomic E-state index is 0.562. The van der Waals surface area contributed by atoms with E-state index in [-0.39, 0.29) is 0 Å². The topological polar surface area (TPSA) is 12.0 Å². The van der Waals surface area contributed by atoms with Crippen LogP contribution in [0.5, 0.6) is 0 Å². The van der Waals surface area contributed by atoms with E-state index >= 15 is 0 Å². The molecule has 1 N–H and O–H groups in total. The van der Waals surface area contributed by atoms with Crippen molar-refractivity contribution < 1.29 is 0 Å². The summed E-state index contributed by atoms with van der Waals surface area (Å²) < 4.78 is 0. The summed E-state index contributed by atoms with van der Waals surface area (Å²) in [6.07, 6.45) is 1.09. The normalized spacial score (nSPS) is 10.8. The van der Waals surface area contributed by atoms with E-state index in [9.17, 15) is 0 Å². The molecule has 0 fully saturated rings. The lowest BCUT2D eigenvalue weighted by atomic mass is 9.99. The Balaban J connectivity index is 2.42. The zero-order valence-electron chi connectivity index (χ0n) is 11.2. The van der Waals surface area contributed by atoms with Gasteiger partial charge in [-0.3, -0.25) is 0 Å². The fourth-order valence-corrected chi connectivity index (χ4v) is 2.68. The molecule has 0 amide bonds. The van der Waals surface area contributed by atoms with Crippen LogP contribution in [0.4, 0.5) is 0 Å². The predicted molar refractivity (Wildman–Crippen MR) is 88.9 cm³/mol. The molecule has 0 saturated carbocycles. The first kappa shape index (κ1) is 15.7. The molecule has 0 saturated heterocycles. The van der Waals surface area contributed by atoms with Gasteiger partial charge in [0.25, 0.3) is 0 Å². The minimum absolute atomic E-state index is 0.562. The molecule has 0 aliphatic carbocycles. The highest BCUT2D eigenvalue weighted by atomic mass is 35.5. The van der Waals surface area contributed by atoms with E-state index in [4.69, 9.17) is 34.8 Å². The van der Waals surface area contributed by atoms with E-state index in [0.717, 1.165) is 41.2 Å². The second-order valence-corrected chi connectivity index (χ2v) is 5.80. The highest BCUT2D eigenvalue weighted by molar-refractivity contribution is 6.43. The Labute approximate surface area is 134 Å². The molecule has 0 radical (unpaired) electrons. The van der Waals surface area contributed by atoms with Crippen molar-refractivity contribution >= 4 is 34.8 Å². The molecule has 0 atom stereocenters. The van der Waals surface area contributed by atoms with Crippen LogP contribution in [0.3, 0.4) is 0 Å². The average Bonchev–Trinajstić information content (AvgIpc) is 2.43. The lowest BCUT2D eigenvalue weighted by molar-refractivity contribution is 0.676. The molecule has 1 nitrogen and oxygen atoms in total. The zero-order chi connectivity index (χ0) is 14.5. The predicted octanol–water partition coefficient (Wildman–Crippen LogP) is 5.81. The van der Waals surface area contributed by atoms with Crippen molar-refractivity contribution in [2.45, 2.75) is 19.9 Å². The van der Waals surface area contributed by atoms with Crippen LogP contribution in [0.25, 0.3) is 11.1 Å². The molecule has 106 valence electrons. The first-order valence-corrected chi connectivity index (χ1v) is 7.70. The Kier molecular flexibility index (Phi) is 5.74. The van der Waals surface area contributed by atoms with Gasteiger partial charge in [-0.2, -0.15) is 0 Å². The summed E-state index contributed by atoms with van der Waals surface area (Å²) in [4.78, 5) is 0. The monoisotopic (exact) mass is 327 g/mol. The molecule has 0 spiro atoms. The Morgan fingerprint density at radius 2 is 1.80 bits per heavy atom. The van der Waals surface area contributed by atoms with Crippen molar-refractivity contribution in [2.75, 3.05) is 6.54 Å². The lowest BCUT2D eigenvalue weighted by Gasteiger charge is -2.13. The molecular weight excluding hydrogens is 313 g/mol. The Hall–Kier alpha value is -0.730.